The Labute approximate surface area is 106 Å². The zero-order valence-corrected chi connectivity index (χ0v) is 11.4. The number of hydrogen-bond acceptors (Lipinski definition) is 3. The van der Waals surface area contributed by atoms with Gasteiger partial charge < -0.3 is 5.73 Å². The van der Waals surface area contributed by atoms with Gasteiger partial charge >= 0.3 is 0 Å². The zero-order chi connectivity index (χ0) is 12.1. The van der Waals surface area contributed by atoms with Crippen molar-refractivity contribution in [1.29, 1.82) is 0 Å². The molecule has 1 aliphatic carbocycles. The fourth-order valence-electron chi connectivity index (χ4n) is 3.49. The van der Waals surface area contributed by atoms with Gasteiger partial charge in [0.05, 0.1) is 0 Å². The number of hydrogen-bond donors (Lipinski definition) is 1. The fraction of sp³-hybridized carbons (Fsp3) is 1.00. The molecule has 0 aromatic heterocycles. The fourth-order valence-corrected chi connectivity index (χ4v) is 3.49. The Hall–Kier alpha value is -0.120. The Morgan fingerprint density at radius 2 is 1.71 bits per heavy atom. The first-order chi connectivity index (χ1) is 8.35. The second-order valence-electron chi connectivity index (χ2n) is 5.66. The largest absolute Gasteiger partial charge is 0.329 e. The van der Waals surface area contributed by atoms with Crippen molar-refractivity contribution in [3.05, 3.63) is 0 Å². The Morgan fingerprint density at radius 1 is 1.06 bits per heavy atom. The van der Waals surface area contributed by atoms with Gasteiger partial charge in [-0.25, -0.2) is 0 Å². The van der Waals surface area contributed by atoms with Crippen molar-refractivity contribution in [2.75, 3.05) is 32.7 Å². The molecule has 2 aliphatic rings. The van der Waals surface area contributed by atoms with Gasteiger partial charge in [-0.15, -0.1) is 0 Å². The van der Waals surface area contributed by atoms with E-state index in [1.165, 1.54) is 64.7 Å². The van der Waals surface area contributed by atoms with E-state index in [9.17, 15) is 0 Å². The van der Waals surface area contributed by atoms with Crippen LogP contribution in [0.4, 0.5) is 0 Å². The van der Waals surface area contributed by atoms with Crippen molar-refractivity contribution >= 4 is 0 Å². The second-order valence-corrected chi connectivity index (χ2v) is 5.66. The molecule has 1 unspecified atom stereocenters. The molecule has 0 spiro atoms. The summed E-state index contributed by atoms with van der Waals surface area (Å²) in [5.74, 6) is 0. The van der Waals surface area contributed by atoms with Crippen LogP contribution in [-0.2, 0) is 0 Å². The van der Waals surface area contributed by atoms with Gasteiger partial charge in [-0.1, -0.05) is 26.2 Å². The zero-order valence-electron chi connectivity index (χ0n) is 11.4. The molecule has 0 aromatic carbocycles. The van der Waals surface area contributed by atoms with Crippen LogP contribution >= 0.6 is 0 Å². The summed E-state index contributed by atoms with van der Waals surface area (Å²) in [6.45, 7) is 8.06. The van der Waals surface area contributed by atoms with E-state index in [-0.39, 0.29) is 0 Å². The van der Waals surface area contributed by atoms with E-state index >= 15 is 0 Å². The molecule has 3 heteroatoms. The van der Waals surface area contributed by atoms with Gasteiger partial charge in [0.25, 0.3) is 0 Å². The van der Waals surface area contributed by atoms with Gasteiger partial charge in [-0.05, 0) is 19.3 Å². The van der Waals surface area contributed by atoms with Crippen LogP contribution in [0.15, 0.2) is 0 Å². The molecule has 0 bridgehead atoms. The van der Waals surface area contributed by atoms with Crippen molar-refractivity contribution in [3.63, 3.8) is 0 Å². The highest BCUT2D eigenvalue weighted by Crippen LogP contribution is 2.23. The van der Waals surface area contributed by atoms with E-state index in [0.717, 1.165) is 12.6 Å². The van der Waals surface area contributed by atoms with Gasteiger partial charge in [0.1, 0.15) is 0 Å². The lowest BCUT2D eigenvalue weighted by Crippen LogP contribution is -2.54. The average molecular weight is 239 g/mol. The number of nitrogens with zero attached hydrogens (tertiary/aromatic N) is 2. The van der Waals surface area contributed by atoms with E-state index in [1.807, 2.05) is 0 Å². The second kappa shape index (κ2) is 6.72. The molecular formula is C14H29N3. The van der Waals surface area contributed by atoms with Crippen molar-refractivity contribution in [3.8, 4) is 0 Å². The highest BCUT2D eigenvalue weighted by Gasteiger charge is 2.27. The molecule has 0 amide bonds. The van der Waals surface area contributed by atoms with Crippen LogP contribution in [0.5, 0.6) is 0 Å². The lowest BCUT2D eigenvalue weighted by atomic mass is 9.93. The number of piperazine rings is 1. The van der Waals surface area contributed by atoms with Crippen molar-refractivity contribution in [2.24, 2.45) is 5.73 Å². The van der Waals surface area contributed by atoms with E-state index in [4.69, 9.17) is 5.73 Å². The molecule has 17 heavy (non-hydrogen) atoms. The smallest absolute Gasteiger partial charge is 0.0216 e. The average Bonchev–Trinajstić information content (AvgIpc) is 2.42. The lowest BCUT2D eigenvalue weighted by molar-refractivity contribution is 0.0573. The van der Waals surface area contributed by atoms with Gasteiger partial charge in [0, 0.05) is 44.8 Å². The molecule has 1 atom stereocenters. The minimum atomic E-state index is 0.614. The predicted octanol–water partition coefficient (Wildman–Crippen LogP) is 1.67. The van der Waals surface area contributed by atoms with Gasteiger partial charge in [-0.3, -0.25) is 9.80 Å². The molecule has 0 aromatic rings. The standard InChI is InChI=1S/C14H29N3/c1-2-13(12-15)16-8-10-17(11-9-16)14-6-4-3-5-7-14/h13-14H,2-12,15H2,1H3. The molecule has 0 radical (unpaired) electrons. The lowest BCUT2D eigenvalue weighted by Gasteiger charge is -2.43. The molecule has 2 N–H and O–H groups in total. The molecule has 1 heterocycles. The molecular weight excluding hydrogens is 210 g/mol. The highest BCUT2D eigenvalue weighted by atomic mass is 15.3. The van der Waals surface area contributed by atoms with Crippen LogP contribution in [0.3, 0.4) is 0 Å². The topological polar surface area (TPSA) is 32.5 Å². The minimum Gasteiger partial charge on any atom is -0.329 e. The highest BCUT2D eigenvalue weighted by molar-refractivity contribution is 4.83. The van der Waals surface area contributed by atoms with Gasteiger partial charge in [0.15, 0.2) is 0 Å². The molecule has 2 fully saturated rings. The Morgan fingerprint density at radius 3 is 2.24 bits per heavy atom. The third-order valence-electron chi connectivity index (χ3n) is 4.70. The van der Waals surface area contributed by atoms with Crippen molar-refractivity contribution in [1.82, 2.24) is 9.80 Å². The van der Waals surface area contributed by atoms with Crippen molar-refractivity contribution in [2.45, 2.75) is 57.5 Å². The predicted molar refractivity (Wildman–Crippen MR) is 73.2 cm³/mol. The Balaban J connectivity index is 1.76. The maximum Gasteiger partial charge on any atom is 0.0216 e. The third-order valence-corrected chi connectivity index (χ3v) is 4.70. The van der Waals surface area contributed by atoms with Crippen LogP contribution in [0.1, 0.15) is 45.4 Å². The van der Waals surface area contributed by atoms with Crippen LogP contribution < -0.4 is 5.73 Å². The van der Waals surface area contributed by atoms with E-state index in [1.54, 1.807) is 0 Å². The number of rotatable bonds is 4. The summed E-state index contributed by atoms with van der Waals surface area (Å²) < 4.78 is 0. The normalized spacial score (nSPS) is 27.2. The third kappa shape index (κ3) is 3.43. The molecule has 1 saturated heterocycles. The summed E-state index contributed by atoms with van der Waals surface area (Å²) in [7, 11) is 0. The van der Waals surface area contributed by atoms with Crippen LogP contribution in [0, 0.1) is 0 Å². The van der Waals surface area contributed by atoms with Crippen LogP contribution in [0.2, 0.25) is 0 Å². The van der Waals surface area contributed by atoms with Gasteiger partial charge in [0.2, 0.25) is 0 Å². The van der Waals surface area contributed by atoms with Crippen LogP contribution in [-0.4, -0.2) is 54.6 Å². The van der Waals surface area contributed by atoms with E-state index in [0.29, 0.717) is 6.04 Å². The molecule has 100 valence electrons. The minimum absolute atomic E-state index is 0.614. The van der Waals surface area contributed by atoms with E-state index < -0.39 is 0 Å². The SMILES string of the molecule is CCC(CN)N1CCN(C2CCCCC2)CC1. The summed E-state index contributed by atoms with van der Waals surface area (Å²) >= 11 is 0. The summed E-state index contributed by atoms with van der Waals surface area (Å²) in [4.78, 5) is 5.33. The first-order valence-corrected chi connectivity index (χ1v) is 7.53. The molecule has 1 aliphatic heterocycles. The summed E-state index contributed by atoms with van der Waals surface area (Å²) in [5, 5.41) is 0. The van der Waals surface area contributed by atoms with Crippen LogP contribution in [0.25, 0.3) is 0 Å². The summed E-state index contributed by atoms with van der Waals surface area (Å²) in [6, 6.07) is 1.51. The number of nitrogens with two attached hydrogens (primary N) is 1. The Bertz CT molecular complexity index is 202. The first-order valence-electron chi connectivity index (χ1n) is 7.53. The molecule has 2 rings (SSSR count). The maximum absolute atomic E-state index is 5.84. The molecule has 1 saturated carbocycles. The quantitative estimate of drug-likeness (QED) is 0.810. The Kier molecular flexibility index (Phi) is 5.26. The first kappa shape index (κ1) is 13.3. The van der Waals surface area contributed by atoms with E-state index in [2.05, 4.69) is 16.7 Å². The summed E-state index contributed by atoms with van der Waals surface area (Å²) in [5.41, 5.74) is 5.84. The molecule has 3 nitrogen and oxygen atoms in total. The van der Waals surface area contributed by atoms with Crippen molar-refractivity contribution < 1.29 is 0 Å². The summed E-state index contributed by atoms with van der Waals surface area (Å²) in [6.07, 6.45) is 8.43. The van der Waals surface area contributed by atoms with Gasteiger partial charge in [-0.2, -0.15) is 0 Å². The monoisotopic (exact) mass is 239 g/mol. The maximum atomic E-state index is 5.84.